The van der Waals surface area contributed by atoms with Gasteiger partial charge in [-0.25, -0.2) is 8.42 Å². The van der Waals surface area contributed by atoms with Crippen molar-refractivity contribution in [2.45, 2.75) is 31.6 Å². The minimum atomic E-state index is -3.93. The molecule has 0 unspecified atom stereocenters. The predicted octanol–water partition coefficient (Wildman–Crippen LogP) is 4.35. The average Bonchev–Trinajstić information content (AvgIpc) is 3.14. The van der Waals surface area contributed by atoms with E-state index >= 15 is 0 Å². The first kappa shape index (κ1) is 19.0. The van der Waals surface area contributed by atoms with E-state index in [1.54, 1.807) is 21.9 Å². The van der Waals surface area contributed by atoms with Gasteiger partial charge in [0.2, 0.25) is 9.84 Å². The lowest BCUT2D eigenvalue weighted by Crippen LogP contribution is -2.35. The number of carbonyl (C=O) groups excluding carboxylic acids is 1. The molecule has 2 aliphatic rings. The van der Waals surface area contributed by atoms with Crippen molar-refractivity contribution < 1.29 is 13.2 Å². The summed E-state index contributed by atoms with van der Waals surface area (Å²) in [5, 5.41) is 0.436. The summed E-state index contributed by atoms with van der Waals surface area (Å²) in [7, 11) is -3.93. The van der Waals surface area contributed by atoms with Crippen molar-refractivity contribution in [3.8, 4) is 0 Å². The first-order valence-corrected chi connectivity index (χ1v) is 11.1. The van der Waals surface area contributed by atoms with Crippen molar-refractivity contribution in [2.75, 3.05) is 18.0 Å². The highest BCUT2D eigenvalue weighted by molar-refractivity contribution is 7.96. The fraction of sp³-hybridized carbons (Fsp3) is 0.286. The molecule has 146 valence electrons. The molecule has 2 aromatic carbocycles. The number of hydrogen-bond donors (Lipinski definition) is 0. The van der Waals surface area contributed by atoms with Gasteiger partial charge in [-0.2, -0.15) is 0 Å². The molecule has 0 bridgehead atoms. The van der Waals surface area contributed by atoms with Crippen LogP contribution in [0.2, 0.25) is 5.02 Å². The Hall–Kier alpha value is -2.31. The topological polar surface area (TPSA) is 57.7 Å². The molecule has 28 heavy (non-hydrogen) atoms. The minimum absolute atomic E-state index is 0.0982. The highest BCUT2D eigenvalue weighted by atomic mass is 35.5. The molecule has 1 amide bonds. The summed E-state index contributed by atoms with van der Waals surface area (Å²) in [5.41, 5.74) is 3.35. The third-order valence-corrected chi connectivity index (χ3v) is 7.11. The van der Waals surface area contributed by atoms with Gasteiger partial charge in [0, 0.05) is 30.0 Å². The van der Waals surface area contributed by atoms with E-state index < -0.39 is 15.7 Å². The Kier molecular flexibility index (Phi) is 4.71. The molecule has 0 N–H and O–H groups in total. The van der Waals surface area contributed by atoms with E-state index in [0.29, 0.717) is 23.8 Å². The standard InChI is InChI=1S/C21H21ClN2O3S/c1-14-9-15(2)11-17(10-14)24-13-20(21(25)23-7-3-4-8-23)28(26,27)19-6-5-16(22)12-18(19)24/h5-6,9-13H,3-4,7-8H2,1-2H3. The van der Waals surface area contributed by atoms with Crippen LogP contribution in [0, 0.1) is 13.8 Å². The Labute approximate surface area is 170 Å². The molecular weight excluding hydrogens is 396 g/mol. The van der Waals surface area contributed by atoms with E-state index in [1.807, 2.05) is 32.0 Å². The second kappa shape index (κ2) is 6.94. The van der Waals surface area contributed by atoms with Gasteiger partial charge < -0.3 is 9.80 Å². The van der Waals surface area contributed by atoms with Gasteiger partial charge >= 0.3 is 0 Å². The summed E-state index contributed by atoms with van der Waals surface area (Å²) in [4.78, 5) is 16.3. The zero-order chi connectivity index (χ0) is 20.1. The fourth-order valence-electron chi connectivity index (χ4n) is 3.83. The third kappa shape index (κ3) is 3.20. The monoisotopic (exact) mass is 416 g/mol. The zero-order valence-corrected chi connectivity index (χ0v) is 17.3. The summed E-state index contributed by atoms with van der Waals surface area (Å²) < 4.78 is 26.5. The SMILES string of the molecule is Cc1cc(C)cc(N2C=C(C(=O)N3CCCC3)S(=O)(=O)c3ccc(Cl)cc32)c1. The lowest BCUT2D eigenvalue weighted by Gasteiger charge is -2.30. The normalized spacial score (nSPS) is 18.0. The maximum Gasteiger partial charge on any atom is 0.267 e. The smallest absolute Gasteiger partial charge is 0.267 e. The third-order valence-electron chi connectivity index (χ3n) is 5.09. The quantitative estimate of drug-likeness (QED) is 0.730. The van der Waals surface area contributed by atoms with Crippen LogP contribution in [0.1, 0.15) is 24.0 Å². The highest BCUT2D eigenvalue weighted by Crippen LogP contribution is 2.41. The molecule has 0 spiro atoms. The van der Waals surface area contributed by atoms with Crippen LogP contribution >= 0.6 is 11.6 Å². The number of anilines is 2. The predicted molar refractivity (Wildman–Crippen MR) is 111 cm³/mol. The molecule has 0 aromatic heterocycles. The van der Waals surface area contributed by atoms with Crippen LogP contribution in [-0.4, -0.2) is 32.3 Å². The summed E-state index contributed by atoms with van der Waals surface area (Å²) in [6.45, 7) is 5.14. The van der Waals surface area contributed by atoms with Crippen LogP contribution in [0.4, 0.5) is 11.4 Å². The molecule has 2 aromatic rings. The van der Waals surface area contributed by atoms with Crippen molar-refractivity contribution in [1.29, 1.82) is 0 Å². The zero-order valence-electron chi connectivity index (χ0n) is 15.8. The second-order valence-electron chi connectivity index (χ2n) is 7.32. The largest absolute Gasteiger partial charge is 0.338 e. The van der Waals surface area contributed by atoms with Crippen molar-refractivity contribution in [2.24, 2.45) is 0 Å². The molecule has 0 atom stereocenters. The Morgan fingerprint density at radius 3 is 2.29 bits per heavy atom. The molecule has 0 radical (unpaired) electrons. The van der Waals surface area contributed by atoms with E-state index in [0.717, 1.165) is 29.7 Å². The molecule has 2 aliphatic heterocycles. The molecule has 0 saturated carbocycles. The van der Waals surface area contributed by atoms with E-state index in [9.17, 15) is 13.2 Å². The maximum atomic E-state index is 13.2. The van der Waals surface area contributed by atoms with Gasteiger partial charge in [-0.1, -0.05) is 17.7 Å². The summed E-state index contributed by atoms with van der Waals surface area (Å²) in [6, 6.07) is 10.6. The molecule has 0 aliphatic carbocycles. The van der Waals surface area contributed by atoms with Crippen LogP contribution in [-0.2, 0) is 14.6 Å². The molecule has 4 rings (SSSR count). The van der Waals surface area contributed by atoms with Gasteiger partial charge in [0.15, 0.2) is 4.91 Å². The van der Waals surface area contributed by atoms with Crippen LogP contribution in [0.5, 0.6) is 0 Å². The number of rotatable bonds is 2. The molecule has 1 saturated heterocycles. The van der Waals surface area contributed by atoms with Crippen LogP contribution in [0.15, 0.2) is 52.4 Å². The Morgan fingerprint density at radius 2 is 1.64 bits per heavy atom. The summed E-state index contributed by atoms with van der Waals surface area (Å²) in [6.07, 6.45) is 3.24. The van der Waals surface area contributed by atoms with E-state index in [-0.39, 0.29) is 9.80 Å². The van der Waals surface area contributed by atoms with Crippen molar-refractivity contribution in [1.82, 2.24) is 4.90 Å². The Balaban J connectivity index is 1.93. The van der Waals surface area contributed by atoms with Crippen molar-refractivity contribution >= 4 is 38.7 Å². The van der Waals surface area contributed by atoms with Gasteiger partial charge in [0.05, 0.1) is 10.6 Å². The summed E-state index contributed by atoms with van der Waals surface area (Å²) in [5.74, 6) is -0.438. The van der Waals surface area contributed by atoms with E-state index in [1.165, 1.54) is 12.3 Å². The summed E-state index contributed by atoms with van der Waals surface area (Å²) >= 11 is 6.17. The average molecular weight is 417 g/mol. The fourth-order valence-corrected chi connectivity index (χ4v) is 5.52. The van der Waals surface area contributed by atoms with Crippen LogP contribution in [0.25, 0.3) is 0 Å². The number of aryl methyl sites for hydroxylation is 2. The lowest BCUT2D eigenvalue weighted by atomic mass is 10.1. The van der Waals surface area contributed by atoms with Crippen molar-refractivity contribution in [3.05, 3.63) is 63.7 Å². The molecular formula is C21H21ClN2O3S. The lowest BCUT2D eigenvalue weighted by molar-refractivity contribution is -0.125. The number of fused-ring (bicyclic) bond motifs is 1. The number of halogens is 1. The van der Waals surface area contributed by atoms with Crippen LogP contribution in [0.3, 0.4) is 0 Å². The number of sulfone groups is 1. The van der Waals surface area contributed by atoms with Gasteiger partial charge in [-0.3, -0.25) is 4.79 Å². The second-order valence-corrected chi connectivity index (χ2v) is 9.65. The van der Waals surface area contributed by atoms with Gasteiger partial charge in [0.1, 0.15) is 0 Å². The number of carbonyl (C=O) groups is 1. The minimum Gasteiger partial charge on any atom is -0.338 e. The Morgan fingerprint density at radius 1 is 1.00 bits per heavy atom. The molecule has 1 fully saturated rings. The van der Waals surface area contributed by atoms with E-state index in [4.69, 9.17) is 11.6 Å². The number of likely N-dealkylation sites (tertiary alicyclic amines) is 1. The first-order valence-electron chi connectivity index (χ1n) is 9.20. The number of amides is 1. The van der Waals surface area contributed by atoms with Gasteiger partial charge in [-0.15, -0.1) is 0 Å². The Bertz CT molecular complexity index is 1080. The number of hydrogen-bond acceptors (Lipinski definition) is 4. The van der Waals surface area contributed by atoms with Gasteiger partial charge in [0.25, 0.3) is 5.91 Å². The first-order chi connectivity index (χ1) is 13.3. The van der Waals surface area contributed by atoms with E-state index in [2.05, 4.69) is 0 Å². The molecule has 2 heterocycles. The highest BCUT2D eigenvalue weighted by Gasteiger charge is 2.38. The van der Waals surface area contributed by atoms with Crippen LogP contribution < -0.4 is 4.90 Å². The molecule has 5 nitrogen and oxygen atoms in total. The molecule has 7 heteroatoms. The maximum absolute atomic E-state index is 13.2. The van der Waals surface area contributed by atoms with Gasteiger partial charge in [-0.05, 0) is 68.1 Å². The number of benzene rings is 2. The van der Waals surface area contributed by atoms with Crippen molar-refractivity contribution in [3.63, 3.8) is 0 Å². The number of nitrogens with zero attached hydrogens (tertiary/aromatic N) is 2.